The van der Waals surface area contributed by atoms with Gasteiger partial charge in [-0.15, -0.1) is 0 Å². The van der Waals surface area contributed by atoms with E-state index in [0.717, 1.165) is 22.8 Å². The third-order valence-corrected chi connectivity index (χ3v) is 3.10. The van der Waals surface area contributed by atoms with Crippen LogP contribution in [-0.2, 0) is 0 Å². The van der Waals surface area contributed by atoms with Gasteiger partial charge in [-0.05, 0) is 44.0 Å². The fraction of sp³-hybridized carbons (Fsp3) is 0.188. The molecule has 0 spiro atoms. The number of aryl methyl sites for hydroxylation is 3. The molecular weight excluding hydrogens is 246 g/mol. The fourth-order valence-electron chi connectivity index (χ4n) is 2.35. The summed E-state index contributed by atoms with van der Waals surface area (Å²) in [5.74, 6) is -2.58. The first-order valence-electron chi connectivity index (χ1n) is 5.98. The van der Waals surface area contributed by atoms with Gasteiger partial charge in [-0.2, -0.15) is 0 Å². The van der Waals surface area contributed by atoms with Gasteiger partial charge in [0.2, 0.25) is 0 Å². The van der Waals surface area contributed by atoms with E-state index < -0.39 is 17.4 Å². The van der Waals surface area contributed by atoms with Crippen LogP contribution in [0.2, 0.25) is 0 Å². The Morgan fingerprint density at radius 2 is 1.58 bits per heavy atom. The third kappa shape index (κ3) is 2.41. The summed E-state index contributed by atoms with van der Waals surface area (Å²) in [5, 5.41) is 0. The van der Waals surface area contributed by atoms with Crippen LogP contribution in [0.15, 0.2) is 30.3 Å². The number of benzene rings is 2. The molecule has 0 heterocycles. The largest absolute Gasteiger partial charge is 0.288 e. The zero-order chi connectivity index (χ0) is 14.2. The molecule has 0 fully saturated rings. The van der Waals surface area contributed by atoms with Crippen molar-refractivity contribution in [2.24, 2.45) is 0 Å². The normalized spacial score (nSPS) is 10.6. The molecule has 0 amide bonds. The second-order valence-corrected chi connectivity index (χ2v) is 4.70. The molecule has 2 aromatic carbocycles. The topological polar surface area (TPSA) is 17.1 Å². The SMILES string of the molecule is Cc1cc(C)c(C(=O)c2cccc(F)c2F)c(C)c1. The highest BCUT2D eigenvalue weighted by Crippen LogP contribution is 2.22. The zero-order valence-corrected chi connectivity index (χ0v) is 11.1. The van der Waals surface area contributed by atoms with Gasteiger partial charge in [-0.1, -0.05) is 23.8 Å². The van der Waals surface area contributed by atoms with Gasteiger partial charge in [0.1, 0.15) is 0 Å². The average molecular weight is 260 g/mol. The number of ketones is 1. The van der Waals surface area contributed by atoms with E-state index in [0.29, 0.717) is 5.56 Å². The first-order chi connectivity index (χ1) is 8.91. The molecule has 0 atom stereocenters. The molecule has 19 heavy (non-hydrogen) atoms. The molecule has 0 unspecified atom stereocenters. The van der Waals surface area contributed by atoms with Gasteiger partial charge in [-0.25, -0.2) is 8.78 Å². The summed E-state index contributed by atoms with van der Waals surface area (Å²) >= 11 is 0. The van der Waals surface area contributed by atoms with Crippen LogP contribution in [0.4, 0.5) is 8.78 Å². The first kappa shape index (κ1) is 13.4. The summed E-state index contributed by atoms with van der Waals surface area (Å²) in [4.78, 5) is 12.4. The maximum atomic E-state index is 13.7. The highest BCUT2D eigenvalue weighted by molar-refractivity contribution is 6.11. The first-order valence-corrected chi connectivity index (χ1v) is 5.98. The van der Waals surface area contributed by atoms with E-state index in [9.17, 15) is 13.6 Å². The van der Waals surface area contributed by atoms with Gasteiger partial charge >= 0.3 is 0 Å². The lowest BCUT2D eigenvalue weighted by Crippen LogP contribution is -2.09. The van der Waals surface area contributed by atoms with Gasteiger partial charge in [0.15, 0.2) is 17.4 Å². The Balaban J connectivity index is 2.60. The Labute approximate surface area is 110 Å². The van der Waals surface area contributed by atoms with Crippen LogP contribution in [0, 0.1) is 32.4 Å². The number of hydrogen-bond donors (Lipinski definition) is 0. The van der Waals surface area contributed by atoms with E-state index in [-0.39, 0.29) is 5.56 Å². The van der Waals surface area contributed by atoms with Crippen molar-refractivity contribution in [1.82, 2.24) is 0 Å². The maximum absolute atomic E-state index is 13.7. The van der Waals surface area contributed by atoms with Crippen molar-refractivity contribution in [2.45, 2.75) is 20.8 Å². The highest BCUT2D eigenvalue weighted by Gasteiger charge is 2.20. The molecule has 0 saturated carbocycles. The second kappa shape index (κ2) is 4.92. The predicted octanol–water partition coefficient (Wildman–Crippen LogP) is 4.12. The minimum Gasteiger partial charge on any atom is -0.288 e. The summed E-state index contributed by atoms with van der Waals surface area (Å²) in [7, 11) is 0. The van der Waals surface area contributed by atoms with Crippen molar-refractivity contribution < 1.29 is 13.6 Å². The quantitative estimate of drug-likeness (QED) is 0.742. The van der Waals surface area contributed by atoms with Crippen molar-refractivity contribution in [2.75, 3.05) is 0 Å². The van der Waals surface area contributed by atoms with Gasteiger partial charge < -0.3 is 0 Å². The minimum absolute atomic E-state index is 0.227. The molecule has 0 aromatic heterocycles. The molecule has 98 valence electrons. The van der Waals surface area contributed by atoms with Crippen LogP contribution in [0.25, 0.3) is 0 Å². The van der Waals surface area contributed by atoms with Gasteiger partial charge in [-0.3, -0.25) is 4.79 Å². The summed E-state index contributed by atoms with van der Waals surface area (Å²) in [5.41, 5.74) is 2.79. The van der Waals surface area contributed by atoms with Crippen molar-refractivity contribution in [3.05, 3.63) is 69.8 Å². The summed E-state index contributed by atoms with van der Waals surface area (Å²) < 4.78 is 26.9. The Morgan fingerprint density at radius 3 is 2.16 bits per heavy atom. The summed E-state index contributed by atoms with van der Waals surface area (Å²) in [6, 6.07) is 7.36. The molecular formula is C16H14F2O. The number of halogens is 2. The van der Waals surface area contributed by atoms with Crippen molar-refractivity contribution in [3.8, 4) is 0 Å². The third-order valence-electron chi connectivity index (χ3n) is 3.10. The fourth-order valence-corrected chi connectivity index (χ4v) is 2.35. The maximum Gasteiger partial charge on any atom is 0.196 e. The molecule has 0 bridgehead atoms. The molecule has 0 radical (unpaired) electrons. The van der Waals surface area contributed by atoms with Gasteiger partial charge in [0.05, 0.1) is 5.56 Å². The smallest absolute Gasteiger partial charge is 0.196 e. The molecule has 3 heteroatoms. The highest BCUT2D eigenvalue weighted by atomic mass is 19.2. The van der Waals surface area contributed by atoms with E-state index in [2.05, 4.69) is 0 Å². The van der Waals surface area contributed by atoms with Crippen LogP contribution >= 0.6 is 0 Å². The van der Waals surface area contributed by atoms with Gasteiger partial charge in [0, 0.05) is 5.56 Å². The van der Waals surface area contributed by atoms with Crippen LogP contribution in [-0.4, -0.2) is 5.78 Å². The second-order valence-electron chi connectivity index (χ2n) is 4.70. The number of carbonyl (C=O) groups excluding carboxylic acids is 1. The number of carbonyl (C=O) groups is 1. The van der Waals surface area contributed by atoms with Gasteiger partial charge in [0.25, 0.3) is 0 Å². The molecule has 0 aliphatic heterocycles. The van der Waals surface area contributed by atoms with Crippen molar-refractivity contribution >= 4 is 5.78 Å². The van der Waals surface area contributed by atoms with Crippen LogP contribution in [0.1, 0.15) is 32.6 Å². The van der Waals surface area contributed by atoms with Crippen molar-refractivity contribution in [1.29, 1.82) is 0 Å². The molecule has 0 saturated heterocycles. The Kier molecular flexibility index (Phi) is 3.47. The number of rotatable bonds is 2. The molecule has 2 aromatic rings. The van der Waals surface area contributed by atoms with E-state index in [1.165, 1.54) is 12.1 Å². The Bertz CT molecular complexity index is 637. The van der Waals surface area contributed by atoms with E-state index >= 15 is 0 Å². The molecule has 0 aliphatic rings. The Hall–Kier alpha value is -2.03. The lowest BCUT2D eigenvalue weighted by molar-refractivity contribution is 0.103. The van der Waals surface area contributed by atoms with E-state index in [1.54, 1.807) is 13.8 Å². The van der Waals surface area contributed by atoms with Crippen LogP contribution < -0.4 is 0 Å². The predicted molar refractivity (Wildman–Crippen MR) is 70.4 cm³/mol. The molecule has 2 rings (SSSR count). The van der Waals surface area contributed by atoms with E-state index in [1.807, 2.05) is 19.1 Å². The lowest BCUT2D eigenvalue weighted by Gasteiger charge is -2.11. The molecule has 0 N–H and O–H groups in total. The van der Waals surface area contributed by atoms with Crippen LogP contribution in [0.3, 0.4) is 0 Å². The lowest BCUT2D eigenvalue weighted by atomic mass is 9.93. The van der Waals surface area contributed by atoms with E-state index in [4.69, 9.17) is 0 Å². The number of hydrogen-bond acceptors (Lipinski definition) is 1. The Morgan fingerprint density at radius 1 is 1.00 bits per heavy atom. The summed E-state index contributed by atoms with van der Waals surface area (Å²) in [6.07, 6.45) is 0. The minimum atomic E-state index is -1.09. The molecule has 0 aliphatic carbocycles. The van der Waals surface area contributed by atoms with Crippen molar-refractivity contribution in [3.63, 3.8) is 0 Å². The van der Waals surface area contributed by atoms with Crippen LogP contribution in [0.5, 0.6) is 0 Å². The molecule has 1 nitrogen and oxygen atoms in total. The summed E-state index contributed by atoms with van der Waals surface area (Å²) in [6.45, 7) is 5.52. The average Bonchev–Trinajstić information content (AvgIpc) is 2.31. The zero-order valence-electron chi connectivity index (χ0n) is 11.1. The monoisotopic (exact) mass is 260 g/mol. The standard InChI is InChI=1S/C16H14F2O/c1-9-7-10(2)14(11(3)8-9)16(19)12-5-4-6-13(17)15(12)18/h4-8H,1-3H3.